The molecule has 0 radical (unpaired) electrons. The molecule has 4 rings (SSSR count). The molecule has 0 bridgehead atoms. The molecule has 1 aliphatic carbocycles. The van der Waals surface area contributed by atoms with E-state index in [4.69, 9.17) is 33.7 Å². The second-order valence-corrected chi connectivity index (χ2v) is 12.0. The van der Waals surface area contributed by atoms with Gasteiger partial charge in [0.15, 0.2) is 5.16 Å². The molecular weight excluding hydrogens is 565 g/mol. The Bertz CT molecular complexity index is 1340. The number of hydrogen-bond acceptors (Lipinski definition) is 7. The number of nitrogens with two attached hydrogens (primary N) is 1. The number of anilines is 1. The lowest BCUT2D eigenvalue weighted by molar-refractivity contribution is -0.113. The number of nitrogens with one attached hydrogen (secondary N) is 1. The number of benzene rings is 1. The average molecular weight is 595 g/mol. The third kappa shape index (κ3) is 6.91. The number of hydrogen-bond donors (Lipinski definition) is 2. The van der Waals surface area contributed by atoms with Crippen LogP contribution in [-0.4, -0.2) is 38.9 Å². The molecule has 1 aromatic carbocycles. The van der Waals surface area contributed by atoms with Gasteiger partial charge in [0, 0.05) is 22.9 Å². The van der Waals surface area contributed by atoms with Gasteiger partial charge in [0.05, 0.1) is 22.9 Å². The van der Waals surface area contributed by atoms with Gasteiger partial charge >= 0.3 is 0 Å². The van der Waals surface area contributed by atoms with Crippen molar-refractivity contribution in [3.63, 3.8) is 0 Å². The molecule has 8 nitrogen and oxygen atoms in total. The third-order valence-electron chi connectivity index (χ3n) is 6.14. The molecule has 3 N–H and O–H groups in total. The van der Waals surface area contributed by atoms with Crippen LogP contribution >= 0.6 is 46.3 Å². The lowest BCUT2D eigenvalue weighted by atomic mass is 9.88. The maximum absolute atomic E-state index is 12.8. The number of primary amides is 1. The Kier molecular flexibility index (Phi) is 9.75. The number of aromatic nitrogens is 3. The van der Waals surface area contributed by atoms with Crippen LogP contribution in [0.15, 0.2) is 36.0 Å². The fourth-order valence-corrected chi connectivity index (χ4v) is 6.98. The first-order valence-corrected chi connectivity index (χ1v) is 14.8. The first-order valence-electron chi connectivity index (χ1n) is 12.2. The van der Waals surface area contributed by atoms with Crippen molar-refractivity contribution in [2.75, 3.05) is 17.7 Å². The van der Waals surface area contributed by atoms with Crippen LogP contribution in [0.2, 0.25) is 10.0 Å². The number of thiophene rings is 1. The number of aryl methyl sites for hydroxylation is 1. The summed E-state index contributed by atoms with van der Waals surface area (Å²) in [6.45, 7) is 6.97. The monoisotopic (exact) mass is 593 g/mol. The van der Waals surface area contributed by atoms with Crippen LogP contribution in [0.3, 0.4) is 0 Å². The summed E-state index contributed by atoms with van der Waals surface area (Å²) in [5.41, 5.74) is 7.11. The van der Waals surface area contributed by atoms with Crippen molar-refractivity contribution < 1.29 is 14.3 Å². The van der Waals surface area contributed by atoms with E-state index in [2.05, 4.69) is 29.0 Å². The van der Waals surface area contributed by atoms with Crippen molar-refractivity contribution in [2.24, 2.45) is 11.7 Å². The van der Waals surface area contributed by atoms with E-state index >= 15 is 0 Å². The largest absolute Gasteiger partial charge is 0.492 e. The number of rotatable bonds is 12. The van der Waals surface area contributed by atoms with Crippen LogP contribution in [0.25, 0.3) is 0 Å². The molecule has 2 aromatic heterocycles. The van der Waals surface area contributed by atoms with E-state index in [1.165, 1.54) is 23.1 Å². The highest BCUT2D eigenvalue weighted by molar-refractivity contribution is 7.99. The molecule has 1 atom stereocenters. The van der Waals surface area contributed by atoms with E-state index in [0.29, 0.717) is 63.4 Å². The third-order valence-corrected chi connectivity index (χ3v) is 8.81. The van der Waals surface area contributed by atoms with E-state index in [1.54, 1.807) is 24.3 Å². The molecule has 1 aliphatic rings. The lowest BCUT2D eigenvalue weighted by Crippen LogP contribution is -2.20. The molecule has 1 unspecified atom stereocenters. The summed E-state index contributed by atoms with van der Waals surface area (Å²) in [6, 6.07) is 5.11. The topological polar surface area (TPSA) is 112 Å². The van der Waals surface area contributed by atoms with Crippen LogP contribution in [0.1, 0.15) is 46.4 Å². The quantitative estimate of drug-likeness (QED) is 0.156. The Morgan fingerprint density at radius 2 is 2.18 bits per heavy atom. The minimum Gasteiger partial charge on any atom is -0.492 e. The van der Waals surface area contributed by atoms with E-state index < -0.39 is 5.91 Å². The van der Waals surface area contributed by atoms with Gasteiger partial charge in [-0.05, 0) is 55.4 Å². The van der Waals surface area contributed by atoms with Crippen molar-refractivity contribution in [1.29, 1.82) is 0 Å². The molecule has 0 saturated carbocycles. The number of ether oxygens (including phenoxy) is 1. The standard InChI is InChI=1S/C26H29Cl2N5O3S2/c1-3-10-33-21(5-4-11-36-19-9-7-16(27)13-18(19)28)31-32-26(33)37-14-22(34)30-25-23(24(29)35)17-8-6-15(2)12-20(17)38-25/h3,7,9,13,15H,1,4-6,8,10-12,14H2,2H3,(H2,29,35)(H,30,34). The van der Waals surface area contributed by atoms with Gasteiger partial charge in [-0.15, -0.1) is 28.1 Å². The maximum Gasteiger partial charge on any atom is 0.251 e. The average Bonchev–Trinajstić information content (AvgIpc) is 3.41. The summed E-state index contributed by atoms with van der Waals surface area (Å²) in [7, 11) is 0. The number of thioether (sulfide) groups is 1. The van der Waals surface area contributed by atoms with Crippen LogP contribution in [-0.2, 0) is 30.6 Å². The van der Waals surface area contributed by atoms with E-state index in [1.807, 2.05) is 4.57 Å². The van der Waals surface area contributed by atoms with Gasteiger partial charge < -0.3 is 20.4 Å². The predicted molar refractivity (Wildman–Crippen MR) is 154 cm³/mol. The summed E-state index contributed by atoms with van der Waals surface area (Å²) in [5, 5.41) is 13.7. The second-order valence-electron chi connectivity index (χ2n) is 9.08. The van der Waals surface area contributed by atoms with Crippen molar-refractivity contribution in [1.82, 2.24) is 14.8 Å². The molecule has 0 fully saturated rings. The molecule has 0 saturated heterocycles. The number of halogens is 2. The number of nitrogens with zero attached hydrogens (tertiary/aromatic N) is 3. The number of fused-ring (bicyclic) bond motifs is 1. The highest BCUT2D eigenvalue weighted by Gasteiger charge is 2.27. The summed E-state index contributed by atoms with van der Waals surface area (Å²) in [4.78, 5) is 26.1. The molecule has 202 valence electrons. The van der Waals surface area contributed by atoms with Crippen molar-refractivity contribution in [3.8, 4) is 5.75 Å². The minimum atomic E-state index is -0.502. The number of amides is 2. The number of carbonyl (C=O) groups excluding carboxylic acids is 2. The van der Waals surface area contributed by atoms with Gasteiger partial charge in [0.1, 0.15) is 16.6 Å². The molecule has 2 amide bonds. The summed E-state index contributed by atoms with van der Waals surface area (Å²) in [6.07, 6.45) is 5.79. The van der Waals surface area contributed by atoms with Gasteiger partial charge in [-0.3, -0.25) is 9.59 Å². The molecule has 2 heterocycles. The highest BCUT2D eigenvalue weighted by atomic mass is 35.5. The van der Waals surface area contributed by atoms with Gasteiger partial charge in [-0.1, -0.05) is 48.0 Å². The van der Waals surface area contributed by atoms with Crippen LogP contribution in [0.5, 0.6) is 5.75 Å². The predicted octanol–water partition coefficient (Wildman–Crippen LogP) is 5.80. The van der Waals surface area contributed by atoms with Crippen LogP contribution in [0.4, 0.5) is 5.00 Å². The molecule has 0 spiro atoms. The number of carbonyl (C=O) groups is 2. The van der Waals surface area contributed by atoms with Crippen LogP contribution in [0, 0.1) is 5.92 Å². The highest BCUT2D eigenvalue weighted by Crippen LogP contribution is 2.39. The normalized spacial score (nSPS) is 14.7. The molecule has 12 heteroatoms. The lowest BCUT2D eigenvalue weighted by Gasteiger charge is -2.18. The molecule has 0 aliphatic heterocycles. The summed E-state index contributed by atoms with van der Waals surface area (Å²) in [5.74, 6) is 1.28. The second kappa shape index (κ2) is 13.0. The Morgan fingerprint density at radius 1 is 1.37 bits per heavy atom. The first kappa shape index (κ1) is 28.5. The summed E-state index contributed by atoms with van der Waals surface area (Å²) >= 11 is 14.8. The SMILES string of the molecule is C=CCn1c(CCCOc2ccc(Cl)cc2Cl)nnc1SCC(=O)Nc1sc2c(c1C(N)=O)CCC(C)C2. The van der Waals surface area contributed by atoms with E-state index in [0.717, 1.165) is 35.5 Å². The first-order chi connectivity index (χ1) is 18.3. The molecular formula is C26H29Cl2N5O3S2. The van der Waals surface area contributed by atoms with Gasteiger partial charge in [0.2, 0.25) is 5.91 Å². The zero-order chi connectivity index (χ0) is 27.2. The fourth-order valence-electron chi connectivity index (χ4n) is 4.32. The van der Waals surface area contributed by atoms with E-state index in [9.17, 15) is 9.59 Å². The minimum absolute atomic E-state index is 0.116. The maximum atomic E-state index is 12.8. The van der Waals surface area contributed by atoms with Crippen molar-refractivity contribution in [2.45, 2.75) is 50.7 Å². The Labute approximate surface area is 239 Å². The van der Waals surface area contributed by atoms with Crippen molar-refractivity contribution >= 4 is 63.1 Å². The zero-order valence-corrected chi connectivity index (χ0v) is 24.1. The van der Waals surface area contributed by atoms with Gasteiger partial charge in [0.25, 0.3) is 5.91 Å². The molecule has 38 heavy (non-hydrogen) atoms. The smallest absolute Gasteiger partial charge is 0.251 e. The summed E-state index contributed by atoms with van der Waals surface area (Å²) < 4.78 is 7.69. The Morgan fingerprint density at radius 3 is 2.92 bits per heavy atom. The van der Waals surface area contributed by atoms with Crippen LogP contribution < -0.4 is 15.8 Å². The Hall–Kier alpha value is -2.53. The van der Waals surface area contributed by atoms with Gasteiger partial charge in [-0.2, -0.15) is 0 Å². The van der Waals surface area contributed by atoms with Gasteiger partial charge in [-0.25, -0.2) is 0 Å². The molecule has 3 aromatic rings. The number of allylic oxidation sites excluding steroid dienone is 1. The Balaban J connectivity index is 1.34. The van der Waals surface area contributed by atoms with Crippen molar-refractivity contribution in [3.05, 3.63) is 62.7 Å². The fraction of sp³-hybridized carbons (Fsp3) is 0.385. The van der Waals surface area contributed by atoms with E-state index in [-0.39, 0.29) is 11.7 Å². The zero-order valence-electron chi connectivity index (χ0n) is 21.0.